The lowest BCUT2D eigenvalue weighted by Crippen LogP contribution is -2.12. The minimum Gasteiger partial charge on any atom is -0.389 e. The van der Waals surface area contributed by atoms with E-state index in [0.29, 0.717) is 17.3 Å². The largest absolute Gasteiger partial charge is 0.389 e. The Bertz CT molecular complexity index is 207. The second-order valence-electron chi connectivity index (χ2n) is 4.44. The normalized spacial score (nSPS) is 48.2. The van der Waals surface area contributed by atoms with Crippen LogP contribution in [-0.2, 0) is 0 Å². The van der Waals surface area contributed by atoms with Gasteiger partial charge in [0.25, 0.3) is 0 Å². The van der Waals surface area contributed by atoms with Gasteiger partial charge < -0.3 is 5.11 Å². The van der Waals surface area contributed by atoms with Gasteiger partial charge in [0.1, 0.15) is 0 Å². The molecule has 2 aliphatic rings. The summed E-state index contributed by atoms with van der Waals surface area (Å²) in [7, 11) is 0. The lowest BCUT2D eigenvalue weighted by Gasteiger charge is -2.16. The maximum atomic E-state index is 9.51. The lowest BCUT2D eigenvalue weighted by atomic mass is 9.89. The van der Waals surface area contributed by atoms with Crippen molar-refractivity contribution in [1.82, 2.24) is 0 Å². The molecule has 0 bridgehead atoms. The topological polar surface area (TPSA) is 20.2 Å². The standard InChI is InChI=1S/C10H16O/c1-6(2)10-4-8(10)7(3)9(11)5-10/h6,8-9,11H,3-5H2,1-2H3/t8-,9+,10+/m1/s1. The Morgan fingerprint density at radius 1 is 1.55 bits per heavy atom. The Morgan fingerprint density at radius 2 is 2.18 bits per heavy atom. The number of aliphatic hydroxyl groups excluding tert-OH is 1. The molecule has 0 unspecified atom stereocenters. The third kappa shape index (κ3) is 0.750. The van der Waals surface area contributed by atoms with Crippen LogP contribution in [0.1, 0.15) is 26.7 Å². The molecular formula is C10H16O. The first-order chi connectivity index (χ1) is 5.08. The van der Waals surface area contributed by atoms with E-state index in [-0.39, 0.29) is 6.10 Å². The maximum Gasteiger partial charge on any atom is 0.0756 e. The van der Waals surface area contributed by atoms with Gasteiger partial charge in [0.2, 0.25) is 0 Å². The van der Waals surface area contributed by atoms with Gasteiger partial charge in [-0.25, -0.2) is 0 Å². The van der Waals surface area contributed by atoms with Crippen molar-refractivity contribution in [2.45, 2.75) is 32.8 Å². The van der Waals surface area contributed by atoms with Crippen LogP contribution in [0.2, 0.25) is 0 Å². The van der Waals surface area contributed by atoms with E-state index in [0.717, 1.165) is 12.0 Å². The molecule has 1 nitrogen and oxygen atoms in total. The molecule has 2 aliphatic carbocycles. The van der Waals surface area contributed by atoms with E-state index in [1.165, 1.54) is 6.42 Å². The summed E-state index contributed by atoms with van der Waals surface area (Å²) in [5.74, 6) is 1.36. The number of fused-ring (bicyclic) bond motifs is 1. The van der Waals surface area contributed by atoms with Crippen LogP contribution >= 0.6 is 0 Å². The van der Waals surface area contributed by atoms with Crippen LogP contribution in [0.3, 0.4) is 0 Å². The maximum absolute atomic E-state index is 9.51. The Labute approximate surface area is 68.1 Å². The Kier molecular flexibility index (Phi) is 1.26. The Balaban J connectivity index is 2.20. The molecule has 0 aromatic heterocycles. The van der Waals surface area contributed by atoms with Crippen molar-refractivity contribution < 1.29 is 5.11 Å². The summed E-state index contributed by atoms with van der Waals surface area (Å²) >= 11 is 0. The molecule has 62 valence electrons. The molecule has 1 N–H and O–H groups in total. The van der Waals surface area contributed by atoms with Crippen LogP contribution in [0.15, 0.2) is 12.2 Å². The van der Waals surface area contributed by atoms with Gasteiger partial charge in [-0.15, -0.1) is 0 Å². The minimum absolute atomic E-state index is 0.198. The molecule has 0 aromatic carbocycles. The van der Waals surface area contributed by atoms with Crippen LogP contribution < -0.4 is 0 Å². The van der Waals surface area contributed by atoms with Crippen molar-refractivity contribution in [2.24, 2.45) is 17.3 Å². The van der Waals surface area contributed by atoms with E-state index < -0.39 is 0 Å². The zero-order valence-corrected chi connectivity index (χ0v) is 7.30. The molecule has 0 amide bonds. The van der Waals surface area contributed by atoms with E-state index in [1.54, 1.807) is 0 Å². The zero-order chi connectivity index (χ0) is 8.22. The summed E-state index contributed by atoms with van der Waals surface area (Å²) in [5, 5.41) is 9.51. The molecule has 2 rings (SSSR count). The third-order valence-corrected chi connectivity index (χ3v) is 3.72. The third-order valence-electron chi connectivity index (χ3n) is 3.72. The van der Waals surface area contributed by atoms with Gasteiger partial charge in [0, 0.05) is 0 Å². The van der Waals surface area contributed by atoms with Gasteiger partial charge in [0.15, 0.2) is 0 Å². The summed E-state index contributed by atoms with van der Waals surface area (Å²) in [4.78, 5) is 0. The summed E-state index contributed by atoms with van der Waals surface area (Å²) in [6.45, 7) is 8.45. The monoisotopic (exact) mass is 152 g/mol. The summed E-state index contributed by atoms with van der Waals surface area (Å²) in [6.07, 6.45) is 2.05. The highest BCUT2D eigenvalue weighted by atomic mass is 16.3. The number of hydrogen-bond donors (Lipinski definition) is 1. The van der Waals surface area contributed by atoms with E-state index in [2.05, 4.69) is 20.4 Å². The van der Waals surface area contributed by atoms with Crippen molar-refractivity contribution in [3.8, 4) is 0 Å². The number of aliphatic hydroxyl groups is 1. The minimum atomic E-state index is -0.198. The van der Waals surface area contributed by atoms with Gasteiger partial charge >= 0.3 is 0 Å². The molecule has 2 saturated carbocycles. The first kappa shape index (κ1) is 7.35. The molecule has 11 heavy (non-hydrogen) atoms. The average Bonchev–Trinajstić information content (AvgIpc) is 2.57. The van der Waals surface area contributed by atoms with Gasteiger partial charge in [0.05, 0.1) is 6.10 Å². The molecule has 0 aliphatic heterocycles. The fourth-order valence-corrected chi connectivity index (χ4v) is 2.64. The van der Waals surface area contributed by atoms with Gasteiger partial charge in [-0.3, -0.25) is 0 Å². The van der Waals surface area contributed by atoms with E-state index in [4.69, 9.17) is 0 Å². The van der Waals surface area contributed by atoms with E-state index in [9.17, 15) is 5.11 Å². The SMILES string of the molecule is C=C1[C@H]2C[C@@]2(C(C)C)C[C@@H]1O. The van der Waals surface area contributed by atoms with E-state index in [1.807, 2.05) is 0 Å². The average molecular weight is 152 g/mol. The highest BCUT2D eigenvalue weighted by Crippen LogP contribution is 2.69. The fraction of sp³-hybridized carbons (Fsp3) is 0.800. The fourth-order valence-electron chi connectivity index (χ4n) is 2.64. The number of hydrogen-bond acceptors (Lipinski definition) is 1. The van der Waals surface area contributed by atoms with Crippen LogP contribution in [0.4, 0.5) is 0 Å². The second kappa shape index (κ2) is 1.89. The molecule has 0 saturated heterocycles. The highest BCUT2D eigenvalue weighted by molar-refractivity contribution is 5.30. The second-order valence-corrected chi connectivity index (χ2v) is 4.44. The van der Waals surface area contributed by atoms with Crippen molar-refractivity contribution in [1.29, 1.82) is 0 Å². The Morgan fingerprint density at radius 3 is 2.45 bits per heavy atom. The molecule has 0 spiro atoms. The smallest absolute Gasteiger partial charge is 0.0756 e. The molecule has 0 heterocycles. The molecule has 0 radical (unpaired) electrons. The molecule has 3 atom stereocenters. The van der Waals surface area contributed by atoms with Gasteiger partial charge in [-0.05, 0) is 35.7 Å². The summed E-state index contributed by atoms with van der Waals surface area (Å²) < 4.78 is 0. The van der Waals surface area contributed by atoms with Gasteiger partial charge in [-0.2, -0.15) is 0 Å². The number of rotatable bonds is 1. The van der Waals surface area contributed by atoms with Crippen LogP contribution in [-0.4, -0.2) is 11.2 Å². The van der Waals surface area contributed by atoms with E-state index >= 15 is 0 Å². The van der Waals surface area contributed by atoms with Crippen molar-refractivity contribution >= 4 is 0 Å². The Hall–Kier alpha value is -0.300. The molecule has 1 heteroatoms. The predicted molar refractivity (Wildman–Crippen MR) is 45.1 cm³/mol. The van der Waals surface area contributed by atoms with Crippen LogP contribution in [0.25, 0.3) is 0 Å². The summed E-state index contributed by atoms with van der Waals surface area (Å²) in [6, 6.07) is 0. The summed E-state index contributed by atoms with van der Waals surface area (Å²) in [5.41, 5.74) is 1.55. The van der Waals surface area contributed by atoms with Gasteiger partial charge in [-0.1, -0.05) is 20.4 Å². The quantitative estimate of drug-likeness (QED) is 0.569. The van der Waals surface area contributed by atoms with Crippen LogP contribution in [0.5, 0.6) is 0 Å². The predicted octanol–water partition coefficient (Wildman–Crippen LogP) is 1.97. The van der Waals surface area contributed by atoms with Crippen molar-refractivity contribution in [2.75, 3.05) is 0 Å². The zero-order valence-electron chi connectivity index (χ0n) is 7.30. The lowest BCUT2D eigenvalue weighted by molar-refractivity contribution is 0.176. The molecular weight excluding hydrogens is 136 g/mol. The highest BCUT2D eigenvalue weighted by Gasteiger charge is 2.63. The van der Waals surface area contributed by atoms with Crippen LogP contribution in [0, 0.1) is 17.3 Å². The first-order valence-electron chi connectivity index (χ1n) is 4.44. The molecule has 2 fully saturated rings. The van der Waals surface area contributed by atoms with Crippen molar-refractivity contribution in [3.63, 3.8) is 0 Å². The first-order valence-corrected chi connectivity index (χ1v) is 4.44. The molecule has 0 aromatic rings. The van der Waals surface area contributed by atoms with Crippen molar-refractivity contribution in [3.05, 3.63) is 12.2 Å².